The first-order valence-electron chi connectivity index (χ1n) is 30.2. The third kappa shape index (κ3) is 58.4. The minimum atomic E-state index is -0.797. The van der Waals surface area contributed by atoms with E-state index in [4.69, 9.17) is 14.2 Å². The van der Waals surface area contributed by atoms with Crippen LogP contribution in [-0.4, -0.2) is 37.2 Å². The average Bonchev–Trinajstić information content (AvgIpc) is 3.40. The summed E-state index contributed by atoms with van der Waals surface area (Å²) >= 11 is 0. The molecule has 74 heavy (non-hydrogen) atoms. The van der Waals surface area contributed by atoms with Crippen LogP contribution in [0.4, 0.5) is 0 Å². The van der Waals surface area contributed by atoms with Crippen LogP contribution < -0.4 is 0 Å². The van der Waals surface area contributed by atoms with Crippen LogP contribution in [0.25, 0.3) is 0 Å². The second kappa shape index (κ2) is 61.1. The summed E-state index contributed by atoms with van der Waals surface area (Å²) in [5, 5.41) is 0. The van der Waals surface area contributed by atoms with Crippen LogP contribution in [0.15, 0.2) is 134 Å². The summed E-state index contributed by atoms with van der Waals surface area (Å²) in [5.41, 5.74) is 0. The summed E-state index contributed by atoms with van der Waals surface area (Å²) in [5.74, 6) is -0.930. The van der Waals surface area contributed by atoms with Gasteiger partial charge in [0.05, 0.1) is 0 Å². The van der Waals surface area contributed by atoms with Gasteiger partial charge in [-0.15, -0.1) is 0 Å². The number of carbonyl (C=O) groups excluding carboxylic acids is 3. The fourth-order valence-corrected chi connectivity index (χ4v) is 7.91. The summed E-state index contributed by atoms with van der Waals surface area (Å²) in [7, 11) is 0. The molecule has 0 heterocycles. The molecule has 0 amide bonds. The van der Waals surface area contributed by atoms with Gasteiger partial charge in [-0.3, -0.25) is 14.4 Å². The number of hydrogen-bond donors (Lipinski definition) is 0. The zero-order chi connectivity index (χ0) is 53.6. The molecule has 0 rings (SSSR count). The third-order valence-corrected chi connectivity index (χ3v) is 12.4. The Kier molecular flexibility index (Phi) is 57.4. The van der Waals surface area contributed by atoms with Gasteiger partial charge in [0.15, 0.2) is 6.10 Å². The molecule has 1 unspecified atom stereocenters. The SMILES string of the molecule is CC/C=C\C/C=C\C/C=C\C/C=C\C/C=C\C/C=C\CCCCCCCCCCC(=O)OCC(COC(=O)CCCCCCC/C=C\CCC)OC(=O)CCCCCCCC/C=C\C/C=C\C/C=C\C/C=C\CC. The highest BCUT2D eigenvalue weighted by Gasteiger charge is 2.19. The van der Waals surface area contributed by atoms with E-state index in [0.717, 1.165) is 161 Å². The molecule has 0 aromatic carbocycles. The van der Waals surface area contributed by atoms with Crippen LogP contribution >= 0.6 is 0 Å². The Morgan fingerprint density at radius 1 is 0.284 bits per heavy atom. The number of hydrogen-bond acceptors (Lipinski definition) is 6. The normalized spacial score (nSPS) is 13.1. The standard InChI is InChI=1S/C68H110O6/c1-4-7-10-13-16-19-22-24-26-28-30-31-32-33-34-35-36-37-39-40-42-44-46-49-52-55-58-61-67(70)73-64-65(63-72-66(69)60-57-54-51-48-21-18-15-12-9-6-3)74-68(71)62-59-56-53-50-47-45-43-41-38-29-27-25-23-20-17-14-11-8-5-2/h7-8,10-12,15-17,19-20,24-27,30-31,33-34,36-38,41,65H,4-6,9,13-14,18,21-23,28-29,32,35,39-40,42-64H2,1-3H3/b10-7-,11-8-,15-12-,19-16-,20-17-,26-24-,27-25-,31-30-,34-33-,37-36-,41-38-. The van der Waals surface area contributed by atoms with Gasteiger partial charge in [-0.05, 0) is 128 Å². The van der Waals surface area contributed by atoms with Gasteiger partial charge in [0, 0.05) is 19.3 Å². The second-order valence-corrected chi connectivity index (χ2v) is 19.5. The van der Waals surface area contributed by atoms with Crippen LogP contribution in [0, 0.1) is 0 Å². The Hall–Kier alpha value is -4.45. The minimum absolute atomic E-state index is 0.0946. The van der Waals surface area contributed by atoms with Crippen LogP contribution in [-0.2, 0) is 28.6 Å². The van der Waals surface area contributed by atoms with Crippen LogP contribution in [0.2, 0.25) is 0 Å². The maximum atomic E-state index is 12.9. The highest BCUT2D eigenvalue weighted by atomic mass is 16.6. The third-order valence-electron chi connectivity index (χ3n) is 12.4. The fraction of sp³-hybridized carbons (Fsp3) is 0.632. The molecule has 1 atom stereocenters. The molecular formula is C68H110O6. The molecule has 0 aliphatic rings. The molecular weight excluding hydrogens is 913 g/mol. The molecule has 0 saturated heterocycles. The Bertz CT molecular complexity index is 1600. The Labute approximate surface area is 455 Å². The van der Waals surface area contributed by atoms with Crippen molar-refractivity contribution < 1.29 is 28.6 Å². The summed E-state index contributed by atoms with van der Waals surface area (Å²) in [6, 6.07) is 0. The van der Waals surface area contributed by atoms with Crippen molar-refractivity contribution in [3.05, 3.63) is 134 Å². The lowest BCUT2D eigenvalue weighted by Crippen LogP contribution is -2.30. The first-order chi connectivity index (χ1) is 36.5. The largest absolute Gasteiger partial charge is 0.462 e. The van der Waals surface area contributed by atoms with Gasteiger partial charge in [0.1, 0.15) is 13.2 Å². The van der Waals surface area contributed by atoms with E-state index in [2.05, 4.69) is 154 Å². The molecule has 0 aliphatic carbocycles. The van der Waals surface area contributed by atoms with Crippen molar-refractivity contribution in [2.75, 3.05) is 13.2 Å². The van der Waals surface area contributed by atoms with Crippen molar-refractivity contribution in [2.45, 2.75) is 264 Å². The fourth-order valence-electron chi connectivity index (χ4n) is 7.91. The van der Waals surface area contributed by atoms with Crippen LogP contribution in [0.5, 0.6) is 0 Å². The molecule has 418 valence electrons. The topological polar surface area (TPSA) is 78.9 Å². The van der Waals surface area contributed by atoms with E-state index in [1.54, 1.807) is 0 Å². The van der Waals surface area contributed by atoms with Crippen molar-refractivity contribution in [3.8, 4) is 0 Å². The number of carbonyl (C=O) groups is 3. The molecule has 0 radical (unpaired) electrons. The van der Waals surface area contributed by atoms with Crippen molar-refractivity contribution in [1.82, 2.24) is 0 Å². The van der Waals surface area contributed by atoms with Crippen molar-refractivity contribution in [1.29, 1.82) is 0 Å². The molecule has 0 aliphatic heterocycles. The van der Waals surface area contributed by atoms with Gasteiger partial charge >= 0.3 is 17.9 Å². The van der Waals surface area contributed by atoms with E-state index in [1.165, 1.54) is 57.8 Å². The number of ether oxygens (including phenoxy) is 3. The molecule has 0 fully saturated rings. The summed E-state index contributed by atoms with van der Waals surface area (Å²) in [4.78, 5) is 38.2. The lowest BCUT2D eigenvalue weighted by atomic mass is 10.1. The zero-order valence-electron chi connectivity index (χ0n) is 47.8. The van der Waals surface area contributed by atoms with Crippen molar-refractivity contribution in [3.63, 3.8) is 0 Å². The molecule has 0 spiro atoms. The zero-order valence-corrected chi connectivity index (χ0v) is 47.8. The number of esters is 3. The average molecular weight is 1020 g/mol. The molecule has 0 aromatic heterocycles. The van der Waals surface area contributed by atoms with E-state index < -0.39 is 6.10 Å². The maximum absolute atomic E-state index is 12.9. The first kappa shape index (κ1) is 69.5. The van der Waals surface area contributed by atoms with Gasteiger partial charge in [-0.25, -0.2) is 0 Å². The van der Waals surface area contributed by atoms with Gasteiger partial charge in [-0.2, -0.15) is 0 Å². The van der Waals surface area contributed by atoms with Gasteiger partial charge < -0.3 is 14.2 Å². The molecule has 6 heteroatoms. The van der Waals surface area contributed by atoms with Crippen molar-refractivity contribution in [2.24, 2.45) is 0 Å². The number of allylic oxidation sites excluding steroid dienone is 22. The van der Waals surface area contributed by atoms with Gasteiger partial charge in [0.25, 0.3) is 0 Å². The quantitative estimate of drug-likeness (QED) is 0.0261. The molecule has 0 bridgehead atoms. The molecule has 6 nitrogen and oxygen atoms in total. The lowest BCUT2D eigenvalue weighted by molar-refractivity contribution is -0.167. The highest BCUT2D eigenvalue weighted by molar-refractivity contribution is 5.71. The van der Waals surface area contributed by atoms with Gasteiger partial charge in [-0.1, -0.05) is 244 Å². The van der Waals surface area contributed by atoms with E-state index in [1.807, 2.05) is 0 Å². The predicted molar refractivity (Wildman–Crippen MR) is 320 cm³/mol. The summed E-state index contributed by atoms with van der Waals surface area (Å²) in [6.45, 7) is 6.32. The second-order valence-electron chi connectivity index (χ2n) is 19.5. The van der Waals surface area contributed by atoms with E-state index in [9.17, 15) is 14.4 Å². The van der Waals surface area contributed by atoms with Gasteiger partial charge in [0.2, 0.25) is 0 Å². The monoisotopic (exact) mass is 1020 g/mol. The molecule has 0 aromatic rings. The summed E-state index contributed by atoms with van der Waals surface area (Å²) in [6.07, 6.45) is 85.9. The minimum Gasteiger partial charge on any atom is -0.462 e. The van der Waals surface area contributed by atoms with E-state index >= 15 is 0 Å². The maximum Gasteiger partial charge on any atom is 0.306 e. The smallest absolute Gasteiger partial charge is 0.306 e. The Morgan fingerprint density at radius 3 is 0.838 bits per heavy atom. The molecule has 0 saturated carbocycles. The van der Waals surface area contributed by atoms with Crippen LogP contribution in [0.1, 0.15) is 258 Å². The van der Waals surface area contributed by atoms with E-state index in [-0.39, 0.29) is 31.1 Å². The Morgan fingerprint density at radius 2 is 0.527 bits per heavy atom. The van der Waals surface area contributed by atoms with Crippen LogP contribution in [0.3, 0.4) is 0 Å². The number of unbranched alkanes of at least 4 members (excludes halogenated alkanes) is 20. The first-order valence-corrected chi connectivity index (χ1v) is 30.2. The molecule has 0 N–H and O–H groups in total. The van der Waals surface area contributed by atoms with E-state index in [0.29, 0.717) is 19.3 Å². The summed E-state index contributed by atoms with van der Waals surface area (Å²) < 4.78 is 16.8. The van der Waals surface area contributed by atoms with Crippen molar-refractivity contribution >= 4 is 17.9 Å². The lowest BCUT2D eigenvalue weighted by Gasteiger charge is -2.18. The number of rotatable bonds is 53. The Balaban J connectivity index is 4.33. The highest BCUT2D eigenvalue weighted by Crippen LogP contribution is 2.14. The predicted octanol–water partition coefficient (Wildman–Crippen LogP) is 20.6.